The van der Waals surface area contributed by atoms with Gasteiger partial charge in [-0.15, -0.1) is 0 Å². The molecular weight excluding hydrogens is 400 g/mol. The van der Waals surface area contributed by atoms with Crippen LogP contribution in [0.2, 0.25) is 0 Å². The molecule has 0 amide bonds. The SMILES string of the molecule is CCCCCCCCCCCCCCCCOC(=O)/C=C/C(=O)OC(CCC)CCCC. The Kier molecular flexibility index (Phi) is 23.3. The third-order valence-electron chi connectivity index (χ3n) is 5.87. The summed E-state index contributed by atoms with van der Waals surface area (Å²) in [6.45, 7) is 6.89. The highest BCUT2D eigenvalue weighted by Crippen LogP contribution is 2.13. The Morgan fingerprint density at radius 3 is 1.53 bits per heavy atom. The van der Waals surface area contributed by atoms with Crippen molar-refractivity contribution >= 4 is 11.9 Å². The van der Waals surface area contributed by atoms with E-state index in [9.17, 15) is 9.59 Å². The first-order valence-corrected chi connectivity index (χ1v) is 13.7. The molecule has 1 unspecified atom stereocenters. The average molecular weight is 453 g/mol. The van der Waals surface area contributed by atoms with Crippen LogP contribution in [0.25, 0.3) is 0 Å². The fourth-order valence-corrected chi connectivity index (χ4v) is 3.87. The molecule has 4 nitrogen and oxygen atoms in total. The van der Waals surface area contributed by atoms with Gasteiger partial charge in [-0.3, -0.25) is 0 Å². The fourth-order valence-electron chi connectivity index (χ4n) is 3.87. The third-order valence-corrected chi connectivity index (χ3v) is 5.87. The van der Waals surface area contributed by atoms with E-state index in [1.807, 2.05) is 0 Å². The maximum Gasteiger partial charge on any atom is 0.331 e. The summed E-state index contributed by atoms with van der Waals surface area (Å²) in [5.74, 6) is -0.912. The lowest BCUT2D eigenvalue weighted by Gasteiger charge is -2.15. The maximum absolute atomic E-state index is 11.9. The number of carbonyl (C=O) groups excluding carboxylic acids is 2. The number of hydrogen-bond acceptors (Lipinski definition) is 4. The van der Waals surface area contributed by atoms with Crippen LogP contribution >= 0.6 is 0 Å². The van der Waals surface area contributed by atoms with E-state index in [0.29, 0.717) is 6.61 Å². The molecule has 1 atom stereocenters. The third kappa shape index (κ3) is 21.9. The fraction of sp³-hybridized carbons (Fsp3) is 0.857. The number of rotatable bonds is 23. The Bertz CT molecular complexity index is 458. The summed E-state index contributed by atoms with van der Waals surface area (Å²) < 4.78 is 10.6. The van der Waals surface area contributed by atoms with Crippen molar-refractivity contribution in [3.05, 3.63) is 12.2 Å². The van der Waals surface area contributed by atoms with E-state index in [1.165, 1.54) is 89.2 Å². The highest BCUT2D eigenvalue weighted by molar-refractivity contribution is 5.91. The molecule has 0 aromatic rings. The van der Waals surface area contributed by atoms with Gasteiger partial charge < -0.3 is 9.47 Å². The Morgan fingerprint density at radius 1 is 0.562 bits per heavy atom. The van der Waals surface area contributed by atoms with Crippen LogP contribution in [0, 0.1) is 0 Å². The highest BCUT2D eigenvalue weighted by atomic mass is 16.5. The van der Waals surface area contributed by atoms with Gasteiger partial charge in [-0.2, -0.15) is 0 Å². The number of carbonyl (C=O) groups is 2. The molecule has 0 N–H and O–H groups in total. The van der Waals surface area contributed by atoms with E-state index in [-0.39, 0.29) is 6.10 Å². The van der Waals surface area contributed by atoms with Crippen LogP contribution in [-0.4, -0.2) is 24.6 Å². The van der Waals surface area contributed by atoms with E-state index in [4.69, 9.17) is 9.47 Å². The Morgan fingerprint density at radius 2 is 1.03 bits per heavy atom. The molecule has 188 valence electrons. The Balaban J connectivity index is 3.56. The standard InChI is InChI=1S/C28H52O4/c1-4-7-9-10-11-12-13-14-15-16-17-18-19-20-25-31-27(29)23-24-28(30)32-26(21-6-3)22-8-5-2/h23-24,26H,4-22,25H2,1-3H3/b24-23+. The molecule has 0 bridgehead atoms. The Hall–Kier alpha value is -1.32. The van der Waals surface area contributed by atoms with Crippen LogP contribution < -0.4 is 0 Å². The molecule has 0 rings (SSSR count). The summed E-state index contributed by atoms with van der Waals surface area (Å²) in [4.78, 5) is 23.6. The topological polar surface area (TPSA) is 52.6 Å². The van der Waals surface area contributed by atoms with Crippen molar-refractivity contribution in [1.29, 1.82) is 0 Å². The monoisotopic (exact) mass is 452 g/mol. The first kappa shape index (κ1) is 30.7. The molecule has 0 heterocycles. The smallest absolute Gasteiger partial charge is 0.331 e. The van der Waals surface area contributed by atoms with Crippen molar-refractivity contribution in [2.45, 2.75) is 149 Å². The summed E-state index contributed by atoms with van der Waals surface area (Å²) in [5, 5.41) is 0. The van der Waals surface area contributed by atoms with Gasteiger partial charge in [-0.25, -0.2) is 9.59 Å². The minimum Gasteiger partial charge on any atom is -0.463 e. The molecular formula is C28H52O4. The molecule has 0 fully saturated rings. The van der Waals surface area contributed by atoms with Crippen LogP contribution in [0.4, 0.5) is 0 Å². The van der Waals surface area contributed by atoms with E-state index >= 15 is 0 Å². The summed E-state index contributed by atoms with van der Waals surface area (Å²) in [6, 6.07) is 0. The molecule has 32 heavy (non-hydrogen) atoms. The molecule has 4 heteroatoms. The average Bonchev–Trinajstić information content (AvgIpc) is 2.78. The lowest BCUT2D eigenvalue weighted by atomic mass is 10.0. The zero-order chi connectivity index (χ0) is 23.7. The molecule has 0 saturated carbocycles. The van der Waals surface area contributed by atoms with Crippen molar-refractivity contribution in [2.24, 2.45) is 0 Å². The van der Waals surface area contributed by atoms with Crippen molar-refractivity contribution in [1.82, 2.24) is 0 Å². The van der Waals surface area contributed by atoms with E-state index < -0.39 is 11.9 Å². The molecule has 0 aromatic carbocycles. The van der Waals surface area contributed by atoms with Crippen molar-refractivity contribution in [3.8, 4) is 0 Å². The highest BCUT2D eigenvalue weighted by Gasteiger charge is 2.11. The van der Waals surface area contributed by atoms with E-state index in [1.54, 1.807) is 0 Å². The van der Waals surface area contributed by atoms with Crippen molar-refractivity contribution < 1.29 is 19.1 Å². The van der Waals surface area contributed by atoms with Crippen molar-refractivity contribution in [3.63, 3.8) is 0 Å². The lowest BCUT2D eigenvalue weighted by molar-refractivity contribution is -0.144. The first-order chi connectivity index (χ1) is 15.6. The molecule has 0 aliphatic heterocycles. The van der Waals surface area contributed by atoms with Gasteiger partial charge in [0.15, 0.2) is 0 Å². The molecule has 0 aromatic heterocycles. The summed E-state index contributed by atoms with van der Waals surface area (Å²) >= 11 is 0. The van der Waals surface area contributed by atoms with Gasteiger partial charge in [-0.05, 0) is 19.3 Å². The predicted octanol–water partition coefficient (Wildman–Crippen LogP) is 8.47. The van der Waals surface area contributed by atoms with Gasteiger partial charge in [-0.1, -0.05) is 124 Å². The summed E-state index contributed by atoms with van der Waals surface area (Å²) in [7, 11) is 0. The van der Waals surface area contributed by atoms with Crippen LogP contribution in [0.5, 0.6) is 0 Å². The van der Waals surface area contributed by atoms with Crippen LogP contribution in [0.1, 0.15) is 143 Å². The largest absolute Gasteiger partial charge is 0.463 e. The molecule has 0 spiro atoms. The van der Waals surface area contributed by atoms with Gasteiger partial charge in [0.05, 0.1) is 6.61 Å². The molecule has 0 aliphatic carbocycles. The second-order valence-corrected chi connectivity index (χ2v) is 9.09. The van der Waals surface area contributed by atoms with Gasteiger partial charge in [0.1, 0.15) is 6.10 Å². The number of esters is 2. The summed E-state index contributed by atoms with van der Waals surface area (Å²) in [5.41, 5.74) is 0. The van der Waals surface area contributed by atoms with E-state index in [2.05, 4.69) is 20.8 Å². The number of hydrogen-bond donors (Lipinski definition) is 0. The van der Waals surface area contributed by atoms with Crippen LogP contribution in [0.3, 0.4) is 0 Å². The molecule has 0 radical (unpaired) electrons. The zero-order valence-electron chi connectivity index (χ0n) is 21.5. The number of unbranched alkanes of at least 4 members (excludes halogenated alkanes) is 14. The second kappa shape index (κ2) is 24.3. The maximum atomic E-state index is 11.9. The first-order valence-electron chi connectivity index (χ1n) is 13.7. The molecule has 0 saturated heterocycles. The minimum atomic E-state index is -0.461. The van der Waals surface area contributed by atoms with Gasteiger partial charge in [0.2, 0.25) is 0 Å². The normalized spacial score (nSPS) is 12.2. The van der Waals surface area contributed by atoms with Crippen molar-refractivity contribution in [2.75, 3.05) is 6.61 Å². The molecule has 0 aliphatic rings. The second-order valence-electron chi connectivity index (χ2n) is 9.09. The predicted molar refractivity (Wildman–Crippen MR) is 135 cm³/mol. The van der Waals surface area contributed by atoms with Crippen LogP contribution in [-0.2, 0) is 19.1 Å². The number of ether oxygens (including phenoxy) is 2. The van der Waals surface area contributed by atoms with Crippen LogP contribution in [0.15, 0.2) is 12.2 Å². The minimum absolute atomic E-state index is 0.0522. The Labute approximate surface area is 198 Å². The quantitative estimate of drug-likeness (QED) is 0.0886. The van der Waals surface area contributed by atoms with E-state index in [0.717, 1.165) is 44.9 Å². The summed E-state index contributed by atoms with van der Waals surface area (Å²) in [6.07, 6.45) is 25.4. The van der Waals surface area contributed by atoms with Gasteiger partial charge >= 0.3 is 11.9 Å². The zero-order valence-corrected chi connectivity index (χ0v) is 21.5. The van der Waals surface area contributed by atoms with Gasteiger partial charge in [0.25, 0.3) is 0 Å². The lowest BCUT2D eigenvalue weighted by Crippen LogP contribution is -2.17. The van der Waals surface area contributed by atoms with Gasteiger partial charge in [0, 0.05) is 12.2 Å².